The molecular formula is C13H22N2. The van der Waals surface area contributed by atoms with Crippen molar-refractivity contribution < 1.29 is 0 Å². The predicted molar refractivity (Wildman–Crippen MR) is 65.0 cm³/mol. The van der Waals surface area contributed by atoms with Crippen LogP contribution in [0.3, 0.4) is 0 Å². The van der Waals surface area contributed by atoms with Crippen molar-refractivity contribution in [2.45, 2.75) is 40.2 Å². The SMILES string of the molecule is CCNC(Cc1cccc(C)n1)C(C)C. The molecule has 1 aromatic heterocycles. The van der Waals surface area contributed by atoms with Crippen molar-refractivity contribution >= 4 is 0 Å². The van der Waals surface area contributed by atoms with Gasteiger partial charge in [0.1, 0.15) is 0 Å². The van der Waals surface area contributed by atoms with Crippen molar-refractivity contribution in [3.63, 3.8) is 0 Å². The summed E-state index contributed by atoms with van der Waals surface area (Å²) in [5.41, 5.74) is 2.29. The highest BCUT2D eigenvalue weighted by atomic mass is 14.9. The van der Waals surface area contributed by atoms with Crippen molar-refractivity contribution in [3.05, 3.63) is 29.6 Å². The first-order chi connectivity index (χ1) is 7.13. The van der Waals surface area contributed by atoms with Gasteiger partial charge in [0.15, 0.2) is 0 Å². The fourth-order valence-corrected chi connectivity index (χ4v) is 1.74. The number of aromatic nitrogens is 1. The molecule has 84 valence electrons. The molecule has 0 saturated heterocycles. The standard InChI is InChI=1S/C13H22N2/c1-5-14-13(10(2)3)9-12-8-6-7-11(4)15-12/h6-8,10,13-14H,5,9H2,1-4H3. The van der Waals surface area contributed by atoms with Gasteiger partial charge in [-0.2, -0.15) is 0 Å². The fourth-order valence-electron chi connectivity index (χ4n) is 1.74. The second-order valence-electron chi connectivity index (χ2n) is 4.38. The summed E-state index contributed by atoms with van der Waals surface area (Å²) in [5.74, 6) is 0.646. The third-order valence-electron chi connectivity index (χ3n) is 2.65. The van der Waals surface area contributed by atoms with Gasteiger partial charge in [-0.15, -0.1) is 0 Å². The highest BCUT2D eigenvalue weighted by molar-refractivity contribution is 5.11. The van der Waals surface area contributed by atoms with Crippen molar-refractivity contribution in [1.29, 1.82) is 0 Å². The van der Waals surface area contributed by atoms with E-state index in [1.807, 2.05) is 13.0 Å². The molecule has 0 bridgehead atoms. The lowest BCUT2D eigenvalue weighted by Gasteiger charge is -2.21. The van der Waals surface area contributed by atoms with E-state index in [2.05, 4.69) is 43.2 Å². The maximum atomic E-state index is 4.54. The molecule has 2 heteroatoms. The van der Waals surface area contributed by atoms with Crippen molar-refractivity contribution in [2.75, 3.05) is 6.54 Å². The van der Waals surface area contributed by atoms with Gasteiger partial charge in [0, 0.05) is 23.9 Å². The zero-order valence-corrected chi connectivity index (χ0v) is 10.2. The summed E-state index contributed by atoms with van der Waals surface area (Å²) in [6.07, 6.45) is 1.02. The second kappa shape index (κ2) is 5.86. The summed E-state index contributed by atoms with van der Waals surface area (Å²) in [6.45, 7) is 9.72. The lowest BCUT2D eigenvalue weighted by atomic mass is 9.99. The molecule has 0 radical (unpaired) electrons. The van der Waals surface area contributed by atoms with E-state index in [9.17, 15) is 0 Å². The smallest absolute Gasteiger partial charge is 0.0422 e. The third-order valence-corrected chi connectivity index (χ3v) is 2.65. The fraction of sp³-hybridized carbons (Fsp3) is 0.615. The van der Waals surface area contributed by atoms with Crippen LogP contribution in [-0.4, -0.2) is 17.6 Å². The highest BCUT2D eigenvalue weighted by Crippen LogP contribution is 2.09. The van der Waals surface area contributed by atoms with E-state index in [1.54, 1.807) is 0 Å². The van der Waals surface area contributed by atoms with Gasteiger partial charge in [0.05, 0.1) is 0 Å². The normalized spacial score (nSPS) is 13.1. The number of nitrogens with one attached hydrogen (secondary N) is 1. The molecule has 0 aliphatic heterocycles. The molecule has 0 fully saturated rings. The first kappa shape index (κ1) is 12.2. The van der Waals surface area contributed by atoms with Gasteiger partial charge in [-0.3, -0.25) is 4.98 Å². The zero-order chi connectivity index (χ0) is 11.3. The number of hydrogen-bond acceptors (Lipinski definition) is 2. The maximum Gasteiger partial charge on any atom is 0.0422 e. The maximum absolute atomic E-state index is 4.54. The average molecular weight is 206 g/mol. The molecule has 0 aliphatic carbocycles. The van der Waals surface area contributed by atoms with Crippen LogP contribution in [-0.2, 0) is 6.42 Å². The molecule has 0 saturated carbocycles. The summed E-state index contributed by atoms with van der Waals surface area (Å²) >= 11 is 0. The first-order valence-electron chi connectivity index (χ1n) is 5.79. The molecule has 0 amide bonds. The molecule has 1 aromatic rings. The molecule has 2 nitrogen and oxygen atoms in total. The Balaban J connectivity index is 2.65. The summed E-state index contributed by atoms with van der Waals surface area (Å²) in [7, 11) is 0. The van der Waals surface area contributed by atoms with Gasteiger partial charge in [0.25, 0.3) is 0 Å². The Labute approximate surface area is 93.1 Å². The average Bonchev–Trinajstić information content (AvgIpc) is 2.17. The van der Waals surface area contributed by atoms with Gasteiger partial charge in [-0.1, -0.05) is 26.8 Å². The Hall–Kier alpha value is -0.890. The van der Waals surface area contributed by atoms with E-state index in [4.69, 9.17) is 0 Å². The quantitative estimate of drug-likeness (QED) is 0.801. The van der Waals surface area contributed by atoms with Crippen LogP contribution in [0.15, 0.2) is 18.2 Å². The summed E-state index contributed by atoms with van der Waals surface area (Å²) in [4.78, 5) is 4.54. The molecule has 1 rings (SSSR count). The number of rotatable bonds is 5. The minimum Gasteiger partial charge on any atom is -0.314 e. The van der Waals surface area contributed by atoms with Crippen LogP contribution in [0.25, 0.3) is 0 Å². The Morgan fingerprint density at radius 2 is 2.07 bits per heavy atom. The number of pyridine rings is 1. The van der Waals surface area contributed by atoms with Gasteiger partial charge in [0.2, 0.25) is 0 Å². The Bertz CT molecular complexity index is 294. The Kier molecular flexibility index (Phi) is 4.76. The van der Waals surface area contributed by atoms with E-state index in [-0.39, 0.29) is 0 Å². The minimum absolute atomic E-state index is 0.532. The topological polar surface area (TPSA) is 24.9 Å². The number of nitrogens with zero attached hydrogens (tertiary/aromatic N) is 1. The molecular weight excluding hydrogens is 184 g/mol. The predicted octanol–water partition coefficient (Wildman–Crippen LogP) is 2.57. The van der Waals surface area contributed by atoms with Crippen LogP contribution >= 0.6 is 0 Å². The molecule has 0 spiro atoms. The van der Waals surface area contributed by atoms with E-state index in [0.717, 1.165) is 18.7 Å². The van der Waals surface area contributed by atoms with Crippen LogP contribution in [0, 0.1) is 12.8 Å². The van der Waals surface area contributed by atoms with Gasteiger partial charge >= 0.3 is 0 Å². The van der Waals surface area contributed by atoms with Crippen LogP contribution in [0.5, 0.6) is 0 Å². The zero-order valence-electron chi connectivity index (χ0n) is 10.2. The number of hydrogen-bond donors (Lipinski definition) is 1. The second-order valence-corrected chi connectivity index (χ2v) is 4.38. The van der Waals surface area contributed by atoms with E-state index in [1.165, 1.54) is 5.69 Å². The molecule has 0 aliphatic rings. The molecule has 15 heavy (non-hydrogen) atoms. The van der Waals surface area contributed by atoms with Gasteiger partial charge in [-0.25, -0.2) is 0 Å². The highest BCUT2D eigenvalue weighted by Gasteiger charge is 2.12. The van der Waals surface area contributed by atoms with Crippen LogP contribution in [0.1, 0.15) is 32.2 Å². The van der Waals surface area contributed by atoms with Crippen molar-refractivity contribution in [1.82, 2.24) is 10.3 Å². The Morgan fingerprint density at radius 3 is 2.60 bits per heavy atom. The van der Waals surface area contributed by atoms with Crippen molar-refractivity contribution in [3.8, 4) is 0 Å². The monoisotopic (exact) mass is 206 g/mol. The molecule has 0 aromatic carbocycles. The summed E-state index contributed by atoms with van der Waals surface area (Å²) in [5, 5.41) is 3.51. The third kappa shape index (κ3) is 4.00. The minimum atomic E-state index is 0.532. The van der Waals surface area contributed by atoms with Crippen molar-refractivity contribution in [2.24, 2.45) is 5.92 Å². The summed E-state index contributed by atoms with van der Waals surface area (Å²) < 4.78 is 0. The van der Waals surface area contributed by atoms with Crippen LogP contribution in [0.4, 0.5) is 0 Å². The largest absolute Gasteiger partial charge is 0.314 e. The Morgan fingerprint density at radius 1 is 1.33 bits per heavy atom. The van der Waals surface area contributed by atoms with E-state index >= 15 is 0 Å². The summed E-state index contributed by atoms with van der Waals surface area (Å²) in [6, 6.07) is 6.77. The number of likely N-dealkylation sites (N-methyl/N-ethyl adjacent to an activating group) is 1. The van der Waals surface area contributed by atoms with Gasteiger partial charge in [-0.05, 0) is 31.5 Å². The molecule has 1 atom stereocenters. The lowest BCUT2D eigenvalue weighted by Crippen LogP contribution is -2.35. The lowest BCUT2D eigenvalue weighted by molar-refractivity contribution is 0.402. The first-order valence-corrected chi connectivity index (χ1v) is 5.79. The number of aryl methyl sites for hydroxylation is 1. The van der Waals surface area contributed by atoms with Crippen LogP contribution in [0.2, 0.25) is 0 Å². The molecule has 1 heterocycles. The van der Waals surface area contributed by atoms with Crippen LogP contribution < -0.4 is 5.32 Å². The molecule has 1 unspecified atom stereocenters. The van der Waals surface area contributed by atoms with E-state index < -0.39 is 0 Å². The molecule has 1 N–H and O–H groups in total. The van der Waals surface area contributed by atoms with E-state index in [0.29, 0.717) is 12.0 Å². The van der Waals surface area contributed by atoms with Gasteiger partial charge < -0.3 is 5.32 Å².